The van der Waals surface area contributed by atoms with E-state index in [1.807, 2.05) is 32.8 Å². The van der Waals surface area contributed by atoms with Crippen molar-refractivity contribution >= 4 is 11.7 Å². The fraction of sp³-hybridized carbons (Fsp3) is 0.846. The molecule has 0 saturated carbocycles. The van der Waals surface area contributed by atoms with Gasteiger partial charge < -0.3 is 20.7 Å². The summed E-state index contributed by atoms with van der Waals surface area (Å²) >= 11 is 0. The monoisotopic (exact) mass is 270 g/mol. The van der Waals surface area contributed by atoms with E-state index in [0.717, 1.165) is 6.54 Å². The fourth-order valence-corrected chi connectivity index (χ4v) is 2.81. The second-order valence-electron chi connectivity index (χ2n) is 6.00. The number of amidine groups is 1. The van der Waals surface area contributed by atoms with E-state index in [1.54, 1.807) is 0 Å². The maximum Gasteiger partial charge on any atom is 0.233 e. The molecule has 19 heavy (non-hydrogen) atoms. The van der Waals surface area contributed by atoms with Gasteiger partial charge in [0.1, 0.15) is 5.92 Å². The zero-order valence-corrected chi connectivity index (χ0v) is 12.5. The molecule has 1 saturated heterocycles. The summed E-state index contributed by atoms with van der Waals surface area (Å²) in [5.41, 5.74) is 5.66. The van der Waals surface area contributed by atoms with E-state index >= 15 is 0 Å². The molecule has 110 valence electrons. The zero-order chi connectivity index (χ0) is 14.7. The van der Waals surface area contributed by atoms with E-state index in [4.69, 9.17) is 10.9 Å². The Morgan fingerprint density at radius 2 is 2.00 bits per heavy atom. The Labute approximate surface area is 115 Å². The lowest BCUT2D eigenvalue weighted by Crippen LogP contribution is -2.44. The standard InChI is InChI=1S/C13H26N4O2/c1-8(2)11(12(14)15-19)13(18)17-6-9(3)10(7-17)16(4)5/h8-11,19H,6-7H2,1-5H3,(H2,14,15). The van der Waals surface area contributed by atoms with Gasteiger partial charge in [-0.25, -0.2) is 0 Å². The van der Waals surface area contributed by atoms with Crippen LogP contribution in [-0.2, 0) is 4.79 Å². The van der Waals surface area contributed by atoms with Gasteiger partial charge in [0.25, 0.3) is 0 Å². The first kappa shape index (κ1) is 15.8. The highest BCUT2D eigenvalue weighted by Crippen LogP contribution is 2.24. The third-order valence-electron chi connectivity index (χ3n) is 3.91. The van der Waals surface area contributed by atoms with Crippen LogP contribution in [0.1, 0.15) is 20.8 Å². The second-order valence-corrected chi connectivity index (χ2v) is 6.00. The molecule has 0 aromatic rings. The number of hydrogen-bond donors (Lipinski definition) is 2. The summed E-state index contributed by atoms with van der Waals surface area (Å²) in [4.78, 5) is 16.5. The molecule has 0 aromatic heterocycles. The Bertz CT molecular complexity index is 355. The van der Waals surface area contributed by atoms with Crippen LogP contribution in [0.3, 0.4) is 0 Å². The van der Waals surface area contributed by atoms with Crippen LogP contribution in [0.15, 0.2) is 5.16 Å². The highest BCUT2D eigenvalue weighted by Gasteiger charge is 2.38. The topological polar surface area (TPSA) is 82.2 Å². The molecule has 0 spiro atoms. The van der Waals surface area contributed by atoms with Gasteiger partial charge in [0, 0.05) is 19.1 Å². The van der Waals surface area contributed by atoms with Crippen molar-refractivity contribution in [2.24, 2.45) is 28.6 Å². The Morgan fingerprint density at radius 3 is 2.37 bits per heavy atom. The minimum atomic E-state index is -0.543. The molecule has 6 heteroatoms. The number of oxime groups is 1. The van der Waals surface area contributed by atoms with Gasteiger partial charge in [0.05, 0.1) is 0 Å². The number of carbonyl (C=O) groups is 1. The molecule has 0 bridgehead atoms. The van der Waals surface area contributed by atoms with Crippen LogP contribution >= 0.6 is 0 Å². The smallest absolute Gasteiger partial charge is 0.233 e. The van der Waals surface area contributed by atoms with Crippen LogP contribution in [0.5, 0.6) is 0 Å². The number of rotatable bonds is 4. The van der Waals surface area contributed by atoms with E-state index < -0.39 is 5.92 Å². The maximum atomic E-state index is 12.5. The largest absolute Gasteiger partial charge is 0.409 e. The van der Waals surface area contributed by atoms with Gasteiger partial charge in [-0.1, -0.05) is 25.9 Å². The van der Waals surface area contributed by atoms with E-state index in [1.165, 1.54) is 0 Å². The van der Waals surface area contributed by atoms with Gasteiger partial charge in [0.15, 0.2) is 5.84 Å². The molecular weight excluding hydrogens is 244 g/mol. The molecule has 1 heterocycles. The van der Waals surface area contributed by atoms with Crippen molar-refractivity contribution < 1.29 is 10.0 Å². The average molecular weight is 270 g/mol. The van der Waals surface area contributed by atoms with E-state index in [9.17, 15) is 4.79 Å². The molecule has 1 aliphatic rings. The van der Waals surface area contributed by atoms with Crippen LogP contribution in [0, 0.1) is 17.8 Å². The first-order valence-corrected chi connectivity index (χ1v) is 6.72. The predicted octanol–water partition coefficient (Wildman–Crippen LogP) is 0.414. The minimum absolute atomic E-state index is 0.000885. The van der Waals surface area contributed by atoms with Crippen LogP contribution in [-0.4, -0.2) is 60.0 Å². The summed E-state index contributed by atoms with van der Waals surface area (Å²) in [6.45, 7) is 7.39. The lowest BCUT2D eigenvalue weighted by atomic mass is 9.93. The van der Waals surface area contributed by atoms with Crippen LogP contribution in [0.2, 0.25) is 0 Å². The second kappa shape index (κ2) is 6.23. The van der Waals surface area contributed by atoms with Gasteiger partial charge in [-0.3, -0.25) is 4.79 Å². The average Bonchev–Trinajstić information content (AvgIpc) is 2.70. The summed E-state index contributed by atoms with van der Waals surface area (Å²) in [5, 5.41) is 11.8. The fourth-order valence-electron chi connectivity index (χ4n) is 2.81. The van der Waals surface area contributed by atoms with Crippen molar-refractivity contribution in [3.05, 3.63) is 0 Å². The first-order chi connectivity index (χ1) is 8.79. The van der Waals surface area contributed by atoms with Gasteiger partial charge in [-0.15, -0.1) is 0 Å². The third-order valence-corrected chi connectivity index (χ3v) is 3.91. The van der Waals surface area contributed by atoms with Gasteiger partial charge in [-0.2, -0.15) is 0 Å². The van der Waals surface area contributed by atoms with E-state index in [-0.39, 0.29) is 17.7 Å². The maximum absolute atomic E-state index is 12.5. The summed E-state index contributed by atoms with van der Waals surface area (Å²) in [6.07, 6.45) is 0. The first-order valence-electron chi connectivity index (χ1n) is 6.72. The highest BCUT2D eigenvalue weighted by atomic mass is 16.4. The number of hydrogen-bond acceptors (Lipinski definition) is 4. The summed E-state index contributed by atoms with van der Waals surface area (Å²) < 4.78 is 0. The SMILES string of the molecule is CC(C)C(C(=O)N1CC(C)C(N(C)C)C1)C(N)=NO. The molecule has 0 aliphatic carbocycles. The molecule has 0 aromatic carbocycles. The molecule has 1 fully saturated rings. The molecule has 3 N–H and O–H groups in total. The molecule has 6 nitrogen and oxygen atoms in total. The van der Waals surface area contributed by atoms with Crippen LogP contribution in [0.25, 0.3) is 0 Å². The quantitative estimate of drug-likeness (QED) is 0.335. The van der Waals surface area contributed by atoms with Gasteiger partial charge >= 0.3 is 0 Å². The highest BCUT2D eigenvalue weighted by molar-refractivity contribution is 6.02. The number of likely N-dealkylation sites (tertiary alicyclic amines) is 1. The summed E-state index contributed by atoms with van der Waals surface area (Å²) in [7, 11) is 4.05. The Morgan fingerprint density at radius 1 is 1.42 bits per heavy atom. The Kier molecular flexibility index (Phi) is 5.17. The van der Waals surface area contributed by atoms with Crippen molar-refractivity contribution in [1.29, 1.82) is 0 Å². The molecule has 3 atom stereocenters. The van der Waals surface area contributed by atoms with Crippen molar-refractivity contribution in [2.75, 3.05) is 27.2 Å². The minimum Gasteiger partial charge on any atom is -0.409 e. The summed E-state index contributed by atoms with van der Waals surface area (Å²) in [6, 6.07) is 0.365. The predicted molar refractivity (Wildman–Crippen MR) is 75.0 cm³/mol. The van der Waals surface area contributed by atoms with Crippen molar-refractivity contribution in [3.8, 4) is 0 Å². The number of amides is 1. The third kappa shape index (κ3) is 3.37. The lowest BCUT2D eigenvalue weighted by molar-refractivity contribution is -0.133. The molecule has 1 rings (SSSR count). The molecule has 1 aliphatic heterocycles. The van der Waals surface area contributed by atoms with E-state index in [2.05, 4.69) is 17.0 Å². The van der Waals surface area contributed by atoms with Crippen molar-refractivity contribution in [1.82, 2.24) is 9.80 Å². The summed E-state index contributed by atoms with van der Waals surface area (Å²) in [5.74, 6) is -0.142. The molecule has 3 unspecified atom stereocenters. The number of nitrogens with zero attached hydrogens (tertiary/aromatic N) is 3. The normalized spacial score (nSPS) is 26.3. The van der Waals surface area contributed by atoms with Crippen LogP contribution < -0.4 is 5.73 Å². The molecule has 0 radical (unpaired) electrons. The van der Waals surface area contributed by atoms with Gasteiger partial charge in [0.2, 0.25) is 5.91 Å². The Hall–Kier alpha value is -1.30. The lowest BCUT2D eigenvalue weighted by Gasteiger charge is -2.26. The zero-order valence-electron chi connectivity index (χ0n) is 12.5. The van der Waals surface area contributed by atoms with Crippen molar-refractivity contribution in [2.45, 2.75) is 26.8 Å². The Balaban J connectivity index is 2.83. The molecular formula is C13H26N4O2. The number of nitrogens with two attached hydrogens (primary N) is 1. The van der Waals surface area contributed by atoms with Crippen LogP contribution in [0.4, 0.5) is 0 Å². The van der Waals surface area contributed by atoms with Crippen molar-refractivity contribution in [3.63, 3.8) is 0 Å². The van der Waals surface area contributed by atoms with Gasteiger partial charge in [-0.05, 0) is 25.9 Å². The number of carbonyl (C=O) groups excluding carboxylic acids is 1. The number of likely N-dealkylation sites (N-methyl/N-ethyl adjacent to an activating group) is 1. The molecule has 1 amide bonds. The van der Waals surface area contributed by atoms with E-state index in [0.29, 0.717) is 18.5 Å².